The lowest BCUT2D eigenvalue weighted by Gasteiger charge is -2.19. The zero-order chi connectivity index (χ0) is 12.8. The van der Waals surface area contributed by atoms with E-state index in [0.29, 0.717) is 10.6 Å². The fraction of sp³-hybridized carbons (Fsp3) is 0.417. The van der Waals surface area contributed by atoms with Gasteiger partial charge in [-0.15, -0.1) is 0 Å². The SMILES string of the molecule is COCCCN(C)c1ccc(C(=N)N)c(Cl)c1. The summed E-state index contributed by atoms with van der Waals surface area (Å²) >= 11 is 6.06. The van der Waals surface area contributed by atoms with Gasteiger partial charge in [0.1, 0.15) is 5.84 Å². The molecule has 0 bridgehead atoms. The van der Waals surface area contributed by atoms with E-state index in [0.717, 1.165) is 25.3 Å². The molecule has 4 nitrogen and oxygen atoms in total. The minimum Gasteiger partial charge on any atom is -0.385 e. The Balaban J connectivity index is 2.72. The summed E-state index contributed by atoms with van der Waals surface area (Å²) in [6.45, 7) is 1.63. The van der Waals surface area contributed by atoms with Gasteiger partial charge in [-0.1, -0.05) is 11.6 Å². The highest BCUT2D eigenvalue weighted by molar-refractivity contribution is 6.34. The van der Waals surface area contributed by atoms with E-state index in [-0.39, 0.29) is 5.84 Å². The number of halogens is 1. The molecule has 0 atom stereocenters. The first-order valence-electron chi connectivity index (χ1n) is 5.40. The van der Waals surface area contributed by atoms with Gasteiger partial charge < -0.3 is 15.4 Å². The minimum atomic E-state index is -0.0106. The van der Waals surface area contributed by atoms with Crippen molar-refractivity contribution in [3.8, 4) is 0 Å². The van der Waals surface area contributed by atoms with Crippen LogP contribution in [0.15, 0.2) is 18.2 Å². The van der Waals surface area contributed by atoms with E-state index in [1.165, 1.54) is 0 Å². The van der Waals surface area contributed by atoms with E-state index >= 15 is 0 Å². The van der Waals surface area contributed by atoms with Crippen molar-refractivity contribution in [1.82, 2.24) is 0 Å². The number of nitrogen functional groups attached to an aromatic ring is 1. The molecule has 0 aliphatic carbocycles. The number of hydrogen-bond donors (Lipinski definition) is 2. The van der Waals surface area contributed by atoms with Crippen LogP contribution >= 0.6 is 11.6 Å². The predicted molar refractivity (Wildman–Crippen MR) is 72.2 cm³/mol. The second-order valence-electron chi connectivity index (χ2n) is 3.85. The molecule has 1 aromatic carbocycles. The van der Waals surface area contributed by atoms with Crippen molar-refractivity contribution in [2.75, 3.05) is 32.2 Å². The number of nitrogens with two attached hydrogens (primary N) is 1. The Morgan fingerprint density at radius 2 is 2.24 bits per heavy atom. The number of anilines is 1. The summed E-state index contributed by atoms with van der Waals surface area (Å²) < 4.78 is 5.01. The highest BCUT2D eigenvalue weighted by Gasteiger charge is 2.07. The summed E-state index contributed by atoms with van der Waals surface area (Å²) in [6.07, 6.45) is 0.957. The van der Waals surface area contributed by atoms with Crippen LogP contribution in [-0.2, 0) is 4.74 Å². The van der Waals surface area contributed by atoms with Crippen molar-refractivity contribution in [2.24, 2.45) is 5.73 Å². The Morgan fingerprint density at radius 1 is 1.53 bits per heavy atom. The molecule has 0 spiro atoms. The van der Waals surface area contributed by atoms with Gasteiger partial charge in [0.25, 0.3) is 0 Å². The zero-order valence-electron chi connectivity index (χ0n) is 10.2. The lowest BCUT2D eigenvalue weighted by molar-refractivity contribution is 0.196. The number of hydrogen-bond acceptors (Lipinski definition) is 3. The summed E-state index contributed by atoms with van der Waals surface area (Å²) in [4.78, 5) is 2.09. The van der Waals surface area contributed by atoms with Gasteiger partial charge >= 0.3 is 0 Å². The van der Waals surface area contributed by atoms with Crippen LogP contribution < -0.4 is 10.6 Å². The van der Waals surface area contributed by atoms with E-state index < -0.39 is 0 Å². The number of methoxy groups -OCH3 is 1. The standard InChI is InChI=1S/C12H18ClN3O/c1-16(6-3-7-17-2)9-4-5-10(12(14)15)11(13)8-9/h4-5,8H,3,6-7H2,1-2H3,(H3,14,15). The molecule has 0 aliphatic rings. The first-order valence-corrected chi connectivity index (χ1v) is 5.78. The third kappa shape index (κ3) is 3.91. The van der Waals surface area contributed by atoms with Crippen LogP contribution in [0, 0.1) is 5.41 Å². The molecule has 94 valence electrons. The summed E-state index contributed by atoms with van der Waals surface area (Å²) in [5.74, 6) is -0.0106. The van der Waals surface area contributed by atoms with Gasteiger partial charge in [0.15, 0.2) is 0 Å². The molecular formula is C12H18ClN3O. The predicted octanol–water partition coefficient (Wildman–Crippen LogP) is 2.10. The Bertz CT molecular complexity index is 395. The van der Waals surface area contributed by atoms with E-state index in [1.807, 2.05) is 19.2 Å². The zero-order valence-corrected chi connectivity index (χ0v) is 10.9. The Kier molecular flexibility index (Phi) is 5.25. The van der Waals surface area contributed by atoms with Gasteiger partial charge in [0, 0.05) is 38.6 Å². The molecule has 1 rings (SSSR count). The summed E-state index contributed by atoms with van der Waals surface area (Å²) in [7, 11) is 3.69. The van der Waals surface area contributed by atoms with Crippen LogP contribution in [0.5, 0.6) is 0 Å². The first kappa shape index (κ1) is 13.8. The van der Waals surface area contributed by atoms with Crippen molar-refractivity contribution < 1.29 is 4.74 Å². The summed E-state index contributed by atoms with van der Waals surface area (Å²) in [5, 5.41) is 7.86. The quantitative estimate of drug-likeness (QED) is 0.465. The Labute approximate surface area is 107 Å². The Morgan fingerprint density at radius 3 is 2.76 bits per heavy atom. The number of amidine groups is 1. The van der Waals surface area contributed by atoms with Crippen LogP contribution in [0.4, 0.5) is 5.69 Å². The molecule has 0 saturated heterocycles. The van der Waals surface area contributed by atoms with Crippen LogP contribution in [0.3, 0.4) is 0 Å². The first-order chi connectivity index (χ1) is 8.06. The third-order valence-electron chi connectivity index (χ3n) is 2.53. The molecule has 0 radical (unpaired) electrons. The Hall–Kier alpha value is -1.26. The van der Waals surface area contributed by atoms with Crippen LogP contribution in [0.25, 0.3) is 0 Å². The van der Waals surface area contributed by atoms with Gasteiger partial charge in [-0.3, -0.25) is 5.41 Å². The van der Waals surface area contributed by atoms with Crippen molar-refractivity contribution >= 4 is 23.1 Å². The second kappa shape index (κ2) is 6.47. The molecule has 5 heteroatoms. The van der Waals surface area contributed by atoms with Crippen LogP contribution in [0.2, 0.25) is 5.02 Å². The summed E-state index contributed by atoms with van der Waals surface area (Å²) in [6, 6.07) is 5.51. The lowest BCUT2D eigenvalue weighted by atomic mass is 10.2. The molecule has 0 saturated carbocycles. The van der Waals surface area contributed by atoms with E-state index in [4.69, 9.17) is 27.5 Å². The minimum absolute atomic E-state index is 0.0106. The van der Waals surface area contributed by atoms with E-state index in [9.17, 15) is 0 Å². The third-order valence-corrected chi connectivity index (χ3v) is 2.84. The molecular weight excluding hydrogens is 238 g/mol. The maximum absolute atomic E-state index is 7.35. The van der Waals surface area contributed by atoms with Gasteiger partial charge in [-0.25, -0.2) is 0 Å². The molecule has 0 fully saturated rings. The highest BCUT2D eigenvalue weighted by Crippen LogP contribution is 2.22. The average molecular weight is 256 g/mol. The number of nitrogens with zero attached hydrogens (tertiary/aromatic N) is 1. The molecule has 0 heterocycles. The van der Waals surface area contributed by atoms with E-state index in [2.05, 4.69) is 4.90 Å². The van der Waals surface area contributed by atoms with Crippen molar-refractivity contribution in [1.29, 1.82) is 5.41 Å². The fourth-order valence-corrected chi connectivity index (χ4v) is 1.81. The van der Waals surface area contributed by atoms with Crippen LogP contribution in [-0.4, -0.2) is 33.1 Å². The maximum Gasteiger partial charge on any atom is 0.124 e. The largest absolute Gasteiger partial charge is 0.385 e. The van der Waals surface area contributed by atoms with Gasteiger partial charge in [-0.2, -0.15) is 0 Å². The molecule has 3 N–H and O–H groups in total. The number of nitrogens with one attached hydrogen (secondary N) is 1. The molecule has 17 heavy (non-hydrogen) atoms. The maximum atomic E-state index is 7.35. The van der Waals surface area contributed by atoms with Gasteiger partial charge in [0.2, 0.25) is 0 Å². The molecule has 0 aromatic heterocycles. The monoisotopic (exact) mass is 255 g/mol. The molecule has 0 aliphatic heterocycles. The van der Waals surface area contributed by atoms with E-state index in [1.54, 1.807) is 13.2 Å². The topological polar surface area (TPSA) is 62.3 Å². The number of ether oxygens (including phenoxy) is 1. The molecule has 1 aromatic rings. The number of rotatable bonds is 6. The fourth-order valence-electron chi connectivity index (χ4n) is 1.54. The van der Waals surface area contributed by atoms with Crippen molar-refractivity contribution in [2.45, 2.75) is 6.42 Å². The van der Waals surface area contributed by atoms with Gasteiger partial charge in [0.05, 0.1) is 5.02 Å². The average Bonchev–Trinajstić information content (AvgIpc) is 2.28. The van der Waals surface area contributed by atoms with Crippen molar-refractivity contribution in [3.05, 3.63) is 28.8 Å². The van der Waals surface area contributed by atoms with Gasteiger partial charge in [-0.05, 0) is 24.6 Å². The van der Waals surface area contributed by atoms with Crippen LogP contribution in [0.1, 0.15) is 12.0 Å². The number of benzene rings is 1. The molecule has 0 unspecified atom stereocenters. The second-order valence-corrected chi connectivity index (χ2v) is 4.25. The lowest BCUT2D eigenvalue weighted by Crippen LogP contribution is -2.20. The normalized spacial score (nSPS) is 10.3. The van der Waals surface area contributed by atoms with Crippen molar-refractivity contribution in [3.63, 3.8) is 0 Å². The highest BCUT2D eigenvalue weighted by atomic mass is 35.5. The molecule has 0 amide bonds. The smallest absolute Gasteiger partial charge is 0.124 e. The summed E-state index contributed by atoms with van der Waals surface area (Å²) in [5.41, 5.74) is 6.99.